The van der Waals surface area contributed by atoms with Gasteiger partial charge in [-0.2, -0.15) is 10.4 Å². The van der Waals surface area contributed by atoms with Crippen LogP contribution in [-0.2, 0) is 0 Å². The first kappa shape index (κ1) is 18.2. The summed E-state index contributed by atoms with van der Waals surface area (Å²) in [4.78, 5) is 9.29. The molecule has 0 saturated heterocycles. The molecule has 0 radical (unpaired) electrons. The number of fused-ring (bicyclic) bond motifs is 1. The van der Waals surface area contributed by atoms with E-state index in [9.17, 15) is 0 Å². The molecule has 1 aliphatic carbocycles. The lowest BCUT2D eigenvalue weighted by Gasteiger charge is -2.17. The fraction of sp³-hybridized carbons (Fsp3) is 0.400. The van der Waals surface area contributed by atoms with Crippen LogP contribution in [0.2, 0.25) is 0 Å². The molecule has 2 unspecified atom stereocenters. The Hall–Kier alpha value is -3.18. The van der Waals surface area contributed by atoms with Crippen molar-refractivity contribution in [2.75, 3.05) is 17.2 Å². The van der Waals surface area contributed by atoms with Crippen LogP contribution in [0, 0.1) is 18.3 Å². The van der Waals surface area contributed by atoms with Gasteiger partial charge in [-0.3, -0.25) is 10.1 Å². The topological polar surface area (TPSA) is 114 Å². The average molecular weight is 376 g/mol. The maximum absolute atomic E-state index is 8.69. The highest BCUT2D eigenvalue weighted by molar-refractivity contribution is 5.91. The number of H-pyrrole nitrogens is 1. The molecule has 8 heteroatoms. The van der Waals surface area contributed by atoms with Crippen LogP contribution >= 0.6 is 0 Å². The molecule has 1 saturated carbocycles. The van der Waals surface area contributed by atoms with Gasteiger partial charge in [-0.25, -0.2) is 4.98 Å². The number of anilines is 3. The van der Waals surface area contributed by atoms with Crippen LogP contribution in [-0.4, -0.2) is 38.8 Å². The number of rotatable bonds is 7. The number of aromatic amines is 1. The van der Waals surface area contributed by atoms with Crippen molar-refractivity contribution in [3.63, 3.8) is 0 Å². The lowest BCUT2D eigenvalue weighted by molar-refractivity contribution is 0.527. The van der Waals surface area contributed by atoms with Crippen LogP contribution in [0.25, 0.3) is 10.9 Å². The molecule has 4 N–H and O–H groups in total. The largest absolute Gasteiger partial charge is 0.367 e. The van der Waals surface area contributed by atoms with E-state index in [2.05, 4.69) is 37.2 Å². The fourth-order valence-corrected chi connectivity index (χ4v) is 3.69. The minimum absolute atomic E-state index is 0.346. The summed E-state index contributed by atoms with van der Waals surface area (Å²) in [5, 5.41) is 27.2. The fourth-order valence-electron chi connectivity index (χ4n) is 3.69. The molecule has 3 aromatic heterocycles. The summed E-state index contributed by atoms with van der Waals surface area (Å²) < 4.78 is 0. The van der Waals surface area contributed by atoms with Crippen LogP contribution in [0.4, 0.5) is 17.5 Å². The number of hydrogen-bond acceptors (Lipinski definition) is 7. The van der Waals surface area contributed by atoms with Crippen LogP contribution in [0.1, 0.15) is 31.4 Å². The Kier molecular flexibility index (Phi) is 5.35. The molecule has 3 heterocycles. The number of nitrogens with one attached hydrogen (secondary N) is 4. The van der Waals surface area contributed by atoms with Gasteiger partial charge in [0.1, 0.15) is 11.6 Å². The van der Waals surface area contributed by atoms with E-state index >= 15 is 0 Å². The molecule has 2 atom stereocenters. The van der Waals surface area contributed by atoms with Gasteiger partial charge in [-0.15, -0.1) is 0 Å². The Morgan fingerprint density at radius 3 is 2.96 bits per heavy atom. The predicted molar refractivity (Wildman–Crippen MR) is 109 cm³/mol. The Morgan fingerprint density at radius 1 is 1.25 bits per heavy atom. The molecule has 3 aromatic rings. The second kappa shape index (κ2) is 8.23. The molecule has 0 aromatic carbocycles. The van der Waals surface area contributed by atoms with E-state index in [0.717, 1.165) is 54.0 Å². The van der Waals surface area contributed by atoms with Gasteiger partial charge < -0.3 is 16.0 Å². The van der Waals surface area contributed by atoms with Gasteiger partial charge >= 0.3 is 0 Å². The lowest BCUT2D eigenvalue weighted by atomic mass is 10.2. The van der Waals surface area contributed by atoms with E-state index < -0.39 is 0 Å². The van der Waals surface area contributed by atoms with Crippen molar-refractivity contribution in [3.05, 3.63) is 36.2 Å². The van der Waals surface area contributed by atoms with Gasteiger partial charge in [0, 0.05) is 54.5 Å². The SMILES string of the molecule is Cc1cc(Nc2cc3ncccc3c(NC3CCC(NCCC#N)C3)n2)n[nH]1. The monoisotopic (exact) mass is 376 g/mol. The Balaban J connectivity index is 1.52. The summed E-state index contributed by atoms with van der Waals surface area (Å²) in [7, 11) is 0. The highest BCUT2D eigenvalue weighted by Gasteiger charge is 2.25. The first-order valence-electron chi connectivity index (χ1n) is 9.63. The quantitative estimate of drug-likeness (QED) is 0.468. The van der Waals surface area contributed by atoms with E-state index in [1.54, 1.807) is 6.20 Å². The van der Waals surface area contributed by atoms with Crippen LogP contribution in [0.3, 0.4) is 0 Å². The van der Waals surface area contributed by atoms with E-state index in [4.69, 9.17) is 10.2 Å². The third-order valence-corrected chi connectivity index (χ3v) is 5.00. The van der Waals surface area contributed by atoms with Gasteiger partial charge in [0.05, 0.1) is 11.6 Å². The maximum atomic E-state index is 8.69. The first-order valence-corrected chi connectivity index (χ1v) is 9.63. The van der Waals surface area contributed by atoms with E-state index in [1.807, 2.05) is 31.2 Å². The summed E-state index contributed by atoms with van der Waals surface area (Å²) >= 11 is 0. The van der Waals surface area contributed by atoms with Crippen molar-refractivity contribution in [3.8, 4) is 6.07 Å². The van der Waals surface area contributed by atoms with Crippen molar-refractivity contribution < 1.29 is 0 Å². The first-order chi connectivity index (χ1) is 13.7. The van der Waals surface area contributed by atoms with Gasteiger partial charge in [-0.05, 0) is 38.3 Å². The smallest absolute Gasteiger partial charge is 0.153 e. The van der Waals surface area contributed by atoms with E-state index in [0.29, 0.717) is 24.3 Å². The molecule has 144 valence electrons. The number of hydrogen-bond donors (Lipinski definition) is 4. The predicted octanol–water partition coefficient (Wildman–Crippen LogP) is 3.24. The van der Waals surface area contributed by atoms with Crippen molar-refractivity contribution in [2.45, 2.75) is 44.7 Å². The molecule has 1 fully saturated rings. The van der Waals surface area contributed by atoms with Crippen molar-refractivity contribution in [1.29, 1.82) is 5.26 Å². The number of pyridine rings is 2. The lowest BCUT2D eigenvalue weighted by Crippen LogP contribution is -2.29. The molecule has 0 aliphatic heterocycles. The molecule has 8 nitrogen and oxygen atoms in total. The highest BCUT2D eigenvalue weighted by Crippen LogP contribution is 2.28. The maximum Gasteiger partial charge on any atom is 0.153 e. The van der Waals surface area contributed by atoms with E-state index in [-0.39, 0.29) is 0 Å². The second-order valence-corrected chi connectivity index (χ2v) is 7.20. The number of aromatic nitrogens is 4. The zero-order chi connectivity index (χ0) is 19.3. The van der Waals surface area contributed by atoms with Crippen molar-refractivity contribution in [1.82, 2.24) is 25.5 Å². The van der Waals surface area contributed by atoms with Crippen LogP contribution in [0.5, 0.6) is 0 Å². The molecule has 28 heavy (non-hydrogen) atoms. The average Bonchev–Trinajstić information content (AvgIpc) is 3.31. The zero-order valence-electron chi connectivity index (χ0n) is 15.9. The van der Waals surface area contributed by atoms with Crippen LogP contribution < -0.4 is 16.0 Å². The summed E-state index contributed by atoms with van der Waals surface area (Å²) in [6, 6.07) is 10.8. The Bertz CT molecular complexity index is 989. The standard InChI is InChI=1S/C20H24N8/c1-13-10-19(28-27-13)25-18-12-17-16(4-2-8-23-17)20(26-18)24-15-6-5-14(11-15)22-9-3-7-21/h2,4,8,10,12,14-15,22H,3,5-6,9,11H2,1H3,(H3,24,25,26,27,28). The summed E-state index contributed by atoms with van der Waals surface area (Å²) in [5.41, 5.74) is 1.87. The summed E-state index contributed by atoms with van der Waals surface area (Å²) in [6.07, 6.45) is 5.53. The van der Waals surface area contributed by atoms with Gasteiger partial charge in [-0.1, -0.05) is 0 Å². The molecule has 0 bridgehead atoms. The summed E-state index contributed by atoms with van der Waals surface area (Å²) in [6.45, 7) is 2.71. The minimum Gasteiger partial charge on any atom is -0.367 e. The number of nitrogens with zero attached hydrogens (tertiary/aromatic N) is 4. The summed E-state index contributed by atoms with van der Waals surface area (Å²) in [5.74, 6) is 2.28. The molecular formula is C20H24N8. The molecule has 1 aliphatic rings. The third-order valence-electron chi connectivity index (χ3n) is 5.00. The number of nitriles is 1. The van der Waals surface area contributed by atoms with Crippen molar-refractivity contribution >= 4 is 28.4 Å². The molecular weight excluding hydrogens is 352 g/mol. The minimum atomic E-state index is 0.346. The van der Waals surface area contributed by atoms with Gasteiger partial charge in [0.2, 0.25) is 0 Å². The second-order valence-electron chi connectivity index (χ2n) is 7.20. The molecule has 0 spiro atoms. The van der Waals surface area contributed by atoms with Gasteiger partial charge in [0.25, 0.3) is 0 Å². The van der Waals surface area contributed by atoms with Crippen molar-refractivity contribution in [2.24, 2.45) is 0 Å². The van der Waals surface area contributed by atoms with Crippen LogP contribution in [0.15, 0.2) is 30.5 Å². The molecule has 4 rings (SSSR count). The molecule has 0 amide bonds. The highest BCUT2D eigenvalue weighted by atomic mass is 15.2. The van der Waals surface area contributed by atoms with E-state index in [1.165, 1.54) is 0 Å². The van der Waals surface area contributed by atoms with Gasteiger partial charge in [0.15, 0.2) is 5.82 Å². The normalized spacial score (nSPS) is 18.9. The Morgan fingerprint density at radius 2 is 2.14 bits per heavy atom. The Labute approximate surface area is 163 Å². The number of aryl methyl sites for hydroxylation is 1. The third kappa shape index (κ3) is 4.21. The zero-order valence-corrected chi connectivity index (χ0v) is 15.9.